The Balaban J connectivity index is 0.00000200. The Kier molecular flexibility index (Phi) is 6.35. The third kappa shape index (κ3) is 3.88. The molecule has 6 heteroatoms. The van der Waals surface area contributed by atoms with E-state index in [2.05, 4.69) is 10.6 Å². The molecule has 110 valence electrons. The van der Waals surface area contributed by atoms with E-state index in [-0.39, 0.29) is 18.3 Å². The molecule has 0 aliphatic carbocycles. The van der Waals surface area contributed by atoms with Crippen molar-refractivity contribution in [1.29, 1.82) is 0 Å². The maximum absolute atomic E-state index is 11.9. The smallest absolute Gasteiger partial charge is 0.250 e. The van der Waals surface area contributed by atoms with E-state index in [4.69, 9.17) is 9.47 Å². The molecule has 1 heterocycles. The number of amides is 1. The lowest BCUT2D eigenvalue weighted by atomic mass is 10.1. The Labute approximate surface area is 124 Å². The fourth-order valence-electron chi connectivity index (χ4n) is 1.83. The lowest BCUT2D eigenvalue weighted by molar-refractivity contribution is -0.117. The number of hydrogen-bond acceptors (Lipinski definition) is 4. The molecule has 0 unspecified atom stereocenters. The van der Waals surface area contributed by atoms with E-state index >= 15 is 0 Å². The SMILES string of the molecule is CNCCNC(=O)C1=Cc2cc(OC)ccc2OC1.Cl. The number of fused-ring (bicyclic) bond motifs is 1. The number of ether oxygens (including phenoxy) is 2. The molecule has 0 spiro atoms. The van der Waals surface area contributed by atoms with Gasteiger partial charge in [0.05, 0.1) is 12.7 Å². The van der Waals surface area contributed by atoms with Gasteiger partial charge in [-0.25, -0.2) is 0 Å². The molecule has 0 saturated heterocycles. The molecule has 20 heavy (non-hydrogen) atoms. The number of carbonyl (C=O) groups excluding carboxylic acids is 1. The highest BCUT2D eigenvalue weighted by Gasteiger charge is 2.17. The maximum atomic E-state index is 11.9. The Morgan fingerprint density at radius 1 is 1.40 bits per heavy atom. The predicted octanol–water partition coefficient (Wildman–Crippen LogP) is 1.23. The molecular weight excluding hydrogens is 280 g/mol. The zero-order valence-corrected chi connectivity index (χ0v) is 12.4. The van der Waals surface area contributed by atoms with Crippen LogP contribution in [0.3, 0.4) is 0 Å². The van der Waals surface area contributed by atoms with Crippen LogP contribution >= 0.6 is 12.4 Å². The number of carbonyl (C=O) groups is 1. The predicted molar refractivity (Wildman–Crippen MR) is 80.7 cm³/mol. The van der Waals surface area contributed by atoms with E-state index in [0.717, 1.165) is 23.6 Å². The second-order valence-electron chi connectivity index (χ2n) is 4.22. The first-order valence-corrected chi connectivity index (χ1v) is 6.19. The van der Waals surface area contributed by atoms with Gasteiger partial charge in [0.15, 0.2) is 0 Å². The molecule has 1 aliphatic heterocycles. The standard InChI is InChI=1S/C14H18N2O3.ClH/c1-15-5-6-16-14(17)11-7-10-8-12(18-2)3-4-13(10)19-9-11;/h3-4,7-8,15H,5-6,9H2,1-2H3,(H,16,17);1H. The van der Waals surface area contributed by atoms with Crippen LogP contribution < -0.4 is 20.1 Å². The molecule has 0 fully saturated rings. The van der Waals surface area contributed by atoms with Gasteiger partial charge in [-0.3, -0.25) is 4.79 Å². The van der Waals surface area contributed by atoms with Crippen LogP contribution in [0.15, 0.2) is 23.8 Å². The summed E-state index contributed by atoms with van der Waals surface area (Å²) in [5, 5.41) is 5.81. The van der Waals surface area contributed by atoms with Crippen LogP contribution in [0.2, 0.25) is 0 Å². The summed E-state index contributed by atoms with van der Waals surface area (Å²) in [6.07, 6.45) is 1.84. The molecule has 0 atom stereocenters. The second-order valence-corrected chi connectivity index (χ2v) is 4.22. The summed E-state index contributed by atoms with van der Waals surface area (Å²) in [5.74, 6) is 1.42. The van der Waals surface area contributed by atoms with Gasteiger partial charge < -0.3 is 20.1 Å². The lowest BCUT2D eigenvalue weighted by Gasteiger charge is -2.18. The number of likely N-dealkylation sites (N-methyl/N-ethyl adjacent to an activating group) is 1. The number of benzene rings is 1. The van der Waals surface area contributed by atoms with Gasteiger partial charge in [-0.05, 0) is 31.3 Å². The van der Waals surface area contributed by atoms with Gasteiger partial charge in [-0.15, -0.1) is 12.4 Å². The molecule has 1 aliphatic rings. The summed E-state index contributed by atoms with van der Waals surface area (Å²) < 4.78 is 10.7. The van der Waals surface area contributed by atoms with Crippen LogP contribution in [0.1, 0.15) is 5.56 Å². The highest BCUT2D eigenvalue weighted by Crippen LogP contribution is 2.29. The summed E-state index contributed by atoms with van der Waals surface area (Å²) in [5.41, 5.74) is 1.49. The lowest BCUT2D eigenvalue weighted by Crippen LogP contribution is -2.33. The number of nitrogens with one attached hydrogen (secondary N) is 2. The Hall–Kier alpha value is -1.72. The van der Waals surface area contributed by atoms with E-state index in [0.29, 0.717) is 18.7 Å². The van der Waals surface area contributed by atoms with E-state index in [1.807, 2.05) is 31.3 Å². The van der Waals surface area contributed by atoms with Crippen molar-refractivity contribution in [2.24, 2.45) is 0 Å². The van der Waals surface area contributed by atoms with Crippen molar-refractivity contribution in [3.05, 3.63) is 29.3 Å². The van der Waals surface area contributed by atoms with Gasteiger partial charge >= 0.3 is 0 Å². The first-order valence-electron chi connectivity index (χ1n) is 6.19. The minimum absolute atomic E-state index is 0. The van der Waals surface area contributed by atoms with Crippen LogP contribution in [-0.4, -0.2) is 39.8 Å². The summed E-state index contributed by atoms with van der Waals surface area (Å²) in [6.45, 7) is 1.63. The van der Waals surface area contributed by atoms with Crippen molar-refractivity contribution < 1.29 is 14.3 Å². The quantitative estimate of drug-likeness (QED) is 0.803. The number of halogens is 1. The van der Waals surface area contributed by atoms with Crippen LogP contribution in [0.25, 0.3) is 6.08 Å². The minimum atomic E-state index is -0.0938. The monoisotopic (exact) mass is 298 g/mol. The number of methoxy groups -OCH3 is 1. The molecule has 1 amide bonds. The normalized spacial score (nSPS) is 12.4. The molecule has 1 aromatic rings. The second kappa shape index (κ2) is 7.77. The summed E-state index contributed by atoms with van der Waals surface area (Å²) >= 11 is 0. The van der Waals surface area contributed by atoms with E-state index in [1.165, 1.54) is 0 Å². The van der Waals surface area contributed by atoms with Gasteiger partial charge in [0.2, 0.25) is 0 Å². The Morgan fingerprint density at radius 2 is 2.20 bits per heavy atom. The molecule has 0 radical (unpaired) electrons. The number of rotatable bonds is 5. The van der Waals surface area contributed by atoms with Crippen molar-refractivity contribution >= 4 is 24.4 Å². The van der Waals surface area contributed by atoms with E-state index in [9.17, 15) is 4.79 Å². The molecule has 0 aromatic heterocycles. The van der Waals surface area contributed by atoms with Gasteiger partial charge in [0.1, 0.15) is 18.1 Å². The summed E-state index contributed by atoms with van der Waals surface area (Å²) in [7, 11) is 3.46. The average Bonchev–Trinajstić information content (AvgIpc) is 2.46. The van der Waals surface area contributed by atoms with Crippen LogP contribution in [0.5, 0.6) is 11.5 Å². The average molecular weight is 299 g/mol. The zero-order valence-electron chi connectivity index (χ0n) is 11.6. The van der Waals surface area contributed by atoms with E-state index < -0.39 is 0 Å². The van der Waals surface area contributed by atoms with Crippen molar-refractivity contribution in [3.8, 4) is 11.5 Å². The van der Waals surface area contributed by atoms with Crippen LogP contribution in [-0.2, 0) is 4.79 Å². The Morgan fingerprint density at radius 3 is 2.90 bits per heavy atom. The topological polar surface area (TPSA) is 59.6 Å². The highest BCUT2D eigenvalue weighted by atomic mass is 35.5. The minimum Gasteiger partial charge on any atom is -0.497 e. The van der Waals surface area contributed by atoms with Crippen molar-refractivity contribution in [1.82, 2.24) is 10.6 Å². The van der Waals surface area contributed by atoms with Crippen molar-refractivity contribution in [2.45, 2.75) is 0 Å². The maximum Gasteiger partial charge on any atom is 0.250 e. The van der Waals surface area contributed by atoms with Gasteiger partial charge in [0, 0.05) is 18.7 Å². The van der Waals surface area contributed by atoms with Gasteiger partial charge in [-0.1, -0.05) is 0 Å². The molecular formula is C14H19ClN2O3. The highest BCUT2D eigenvalue weighted by molar-refractivity contribution is 5.99. The van der Waals surface area contributed by atoms with E-state index in [1.54, 1.807) is 7.11 Å². The van der Waals surface area contributed by atoms with Gasteiger partial charge in [0.25, 0.3) is 5.91 Å². The molecule has 5 nitrogen and oxygen atoms in total. The first-order chi connectivity index (χ1) is 9.24. The molecule has 2 rings (SSSR count). The fourth-order valence-corrected chi connectivity index (χ4v) is 1.83. The summed E-state index contributed by atoms with van der Waals surface area (Å²) in [4.78, 5) is 11.9. The zero-order chi connectivity index (χ0) is 13.7. The fraction of sp³-hybridized carbons (Fsp3) is 0.357. The summed E-state index contributed by atoms with van der Waals surface area (Å²) in [6, 6.07) is 5.54. The van der Waals surface area contributed by atoms with Crippen LogP contribution in [0.4, 0.5) is 0 Å². The first kappa shape index (κ1) is 16.3. The molecule has 0 bridgehead atoms. The largest absolute Gasteiger partial charge is 0.497 e. The molecule has 0 saturated carbocycles. The Bertz CT molecular complexity index is 503. The number of hydrogen-bond donors (Lipinski definition) is 2. The van der Waals surface area contributed by atoms with Crippen molar-refractivity contribution in [2.75, 3.05) is 33.9 Å². The molecule has 2 N–H and O–H groups in total. The third-order valence-corrected chi connectivity index (χ3v) is 2.88. The molecule has 1 aromatic carbocycles. The van der Waals surface area contributed by atoms with Crippen molar-refractivity contribution in [3.63, 3.8) is 0 Å². The van der Waals surface area contributed by atoms with Crippen LogP contribution in [0, 0.1) is 0 Å². The van der Waals surface area contributed by atoms with Gasteiger partial charge in [-0.2, -0.15) is 0 Å². The third-order valence-electron chi connectivity index (χ3n) is 2.88.